The van der Waals surface area contributed by atoms with Gasteiger partial charge in [-0.2, -0.15) is 0 Å². The van der Waals surface area contributed by atoms with Crippen LogP contribution < -0.4 is 21.6 Å². The third-order valence-corrected chi connectivity index (χ3v) is 12.3. The molecule has 0 aliphatic carbocycles. The zero-order valence-corrected chi connectivity index (χ0v) is 23.9. The number of aromatic amines is 1. The SMILES string of the molecule is CCc1cn([C@H]2O[C@@H](CO[Si](c3ccccc3)(c3ccccc3)C(C)(C)C)C(O)C2OCCO)c(=O)[nH]c1=O. The molecule has 3 N–H and O–H groups in total. The minimum Gasteiger partial charge on any atom is -0.405 e. The zero-order chi connectivity index (χ0) is 28.2. The Morgan fingerprint density at radius 3 is 2.13 bits per heavy atom. The van der Waals surface area contributed by atoms with Gasteiger partial charge in [-0.25, -0.2) is 4.79 Å². The third-order valence-electron chi connectivity index (χ3n) is 7.29. The lowest BCUT2D eigenvalue weighted by Crippen LogP contribution is -2.67. The highest BCUT2D eigenvalue weighted by molar-refractivity contribution is 6.99. The first-order chi connectivity index (χ1) is 18.6. The van der Waals surface area contributed by atoms with Crippen LogP contribution in [0.3, 0.4) is 0 Å². The summed E-state index contributed by atoms with van der Waals surface area (Å²) in [6, 6.07) is 20.3. The highest BCUT2D eigenvalue weighted by atomic mass is 28.4. The second-order valence-corrected chi connectivity index (χ2v) is 15.1. The molecule has 2 unspecified atom stereocenters. The Morgan fingerprint density at radius 1 is 1.03 bits per heavy atom. The van der Waals surface area contributed by atoms with Crippen LogP contribution in [0.15, 0.2) is 76.4 Å². The Labute approximate surface area is 229 Å². The molecule has 0 bridgehead atoms. The summed E-state index contributed by atoms with van der Waals surface area (Å²) >= 11 is 0. The summed E-state index contributed by atoms with van der Waals surface area (Å²) in [4.78, 5) is 27.2. The van der Waals surface area contributed by atoms with Crippen molar-refractivity contribution in [2.75, 3.05) is 19.8 Å². The number of aliphatic hydroxyl groups is 2. The molecule has 1 fully saturated rings. The van der Waals surface area contributed by atoms with Crippen molar-refractivity contribution in [1.82, 2.24) is 9.55 Å². The lowest BCUT2D eigenvalue weighted by molar-refractivity contribution is -0.0792. The van der Waals surface area contributed by atoms with Gasteiger partial charge >= 0.3 is 5.69 Å². The molecule has 39 heavy (non-hydrogen) atoms. The average Bonchev–Trinajstić information content (AvgIpc) is 3.23. The molecule has 3 aromatic rings. The summed E-state index contributed by atoms with van der Waals surface area (Å²) in [6.45, 7) is 8.02. The molecule has 1 aliphatic rings. The predicted octanol–water partition coefficient (Wildman–Crippen LogP) is 1.31. The Hall–Kier alpha value is -2.86. The first-order valence-electron chi connectivity index (χ1n) is 13.3. The molecular formula is C29H38N2O7Si. The number of nitrogens with one attached hydrogen (secondary N) is 1. The number of nitrogens with zero attached hydrogens (tertiary/aromatic N) is 1. The second kappa shape index (κ2) is 12.1. The van der Waals surface area contributed by atoms with E-state index in [1.54, 1.807) is 0 Å². The molecule has 1 aliphatic heterocycles. The van der Waals surface area contributed by atoms with E-state index < -0.39 is 44.1 Å². The molecule has 0 saturated carbocycles. The number of aryl methyl sites for hydroxylation is 1. The van der Waals surface area contributed by atoms with Crippen molar-refractivity contribution in [2.24, 2.45) is 0 Å². The van der Waals surface area contributed by atoms with E-state index in [2.05, 4.69) is 50.0 Å². The van der Waals surface area contributed by atoms with Gasteiger partial charge < -0.3 is 24.1 Å². The van der Waals surface area contributed by atoms with Crippen LogP contribution in [0.5, 0.6) is 0 Å². The van der Waals surface area contributed by atoms with E-state index in [0.717, 1.165) is 10.4 Å². The summed E-state index contributed by atoms with van der Waals surface area (Å²) in [5.41, 5.74) is -0.724. The van der Waals surface area contributed by atoms with Gasteiger partial charge in [-0.1, -0.05) is 88.4 Å². The summed E-state index contributed by atoms with van der Waals surface area (Å²) < 4.78 is 20.2. The van der Waals surface area contributed by atoms with Crippen molar-refractivity contribution in [3.05, 3.63) is 93.3 Å². The number of ether oxygens (including phenoxy) is 2. The molecule has 2 aromatic carbocycles. The van der Waals surface area contributed by atoms with Gasteiger partial charge in [0, 0.05) is 11.8 Å². The summed E-state index contributed by atoms with van der Waals surface area (Å²) in [5.74, 6) is 0. The van der Waals surface area contributed by atoms with Gasteiger partial charge in [0.25, 0.3) is 13.9 Å². The van der Waals surface area contributed by atoms with Crippen LogP contribution in [0.2, 0.25) is 5.04 Å². The first kappa shape index (κ1) is 29.1. The Balaban J connectivity index is 1.72. The van der Waals surface area contributed by atoms with Crippen molar-refractivity contribution in [3.63, 3.8) is 0 Å². The molecule has 210 valence electrons. The van der Waals surface area contributed by atoms with E-state index in [9.17, 15) is 19.8 Å². The largest absolute Gasteiger partial charge is 0.405 e. The molecule has 2 heterocycles. The quantitative estimate of drug-likeness (QED) is 0.323. The smallest absolute Gasteiger partial charge is 0.330 e. The van der Waals surface area contributed by atoms with Gasteiger partial charge in [0.05, 0.1) is 19.8 Å². The number of H-pyrrole nitrogens is 1. The standard InChI is InChI=1S/C29H38N2O7Si/c1-5-20-18-31(28(35)30-26(20)34)27-25(36-17-16-32)24(33)23(38-27)19-37-39(29(2,3)4,21-12-8-6-9-13-21)22-14-10-7-11-15-22/h6-15,18,23-25,27,32-33H,5,16-17,19H2,1-4H3,(H,30,34,35)/t23-,24?,25?,27-/m0/s1. The maximum absolute atomic E-state index is 12.8. The fourth-order valence-corrected chi connectivity index (χ4v) is 9.96. The number of aromatic nitrogens is 2. The summed E-state index contributed by atoms with van der Waals surface area (Å²) in [6.07, 6.45) is -2.10. The van der Waals surface area contributed by atoms with Gasteiger partial charge in [-0.3, -0.25) is 14.3 Å². The highest BCUT2D eigenvalue weighted by Crippen LogP contribution is 2.38. The third kappa shape index (κ3) is 5.72. The van der Waals surface area contributed by atoms with Crippen LogP contribution in [0.4, 0.5) is 0 Å². The van der Waals surface area contributed by atoms with Crippen molar-refractivity contribution >= 4 is 18.7 Å². The number of aliphatic hydroxyl groups excluding tert-OH is 2. The summed E-state index contributed by atoms with van der Waals surface area (Å²) in [7, 11) is -2.92. The van der Waals surface area contributed by atoms with E-state index in [1.807, 2.05) is 43.3 Å². The number of benzene rings is 2. The molecular weight excluding hydrogens is 516 g/mol. The van der Waals surface area contributed by atoms with Gasteiger partial charge in [-0.15, -0.1) is 0 Å². The Kier molecular flexibility index (Phi) is 9.05. The van der Waals surface area contributed by atoms with Crippen molar-refractivity contribution in [1.29, 1.82) is 0 Å². The van der Waals surface area contributed by atoms with Gasteiger partial charge in [-0.05, 0) is 21.8 Å². The van der Waals surface area contributed by atoms with Crippen molar-refractivity contribution in [2.45, 2.75) is 63.7 Å². The van der Waals surface area contributed by atoms with E-state index in [-0.39, 0.29) is 24.9 Å². The molecule has 1 aromatic heterocycles. The van der Waals surface area contributed by atoms with E-state index in [0.29, 0.717) is 12.0 Å². The second-order valence-electron chi connectivity index (χ2n) is 10.8. The predicted molar refractivity (Wildman–Crippen MR) is 151 cm³/mol. The molecule has 0 amide bonds. The van der Waals surface area contributed by atoms with Gasteiger partial charge in [0.15, 0.2) is 6.23 Å². The maximum Gasteiger partial charge on any atom is 0.330 e. The Bertz CT molecular complexity index is 1300. The van der Waals surface area contributed by atoms with E-state index >= 15 is 0 Å². The lowest BCUT2D eigenvalue weighted by Gasteiger charge is -2.43. The summed E-state index contributed by atoms with van der Waals surface area (Å²) in [5, 5.41) is 22.6. The van der Waals surface area contributed by atoms with Crippen LogP contribution in [0, 0.1) is 0 Å². The molecule has 4 rings (SSSR count). The Morgan fingerprint density at radius 2 is 1.62 bits per heavy atom. The lowest BCUT2D eigenvalue weighted by atomic mass is 10.1. The number of hydrogen-bond acceptors (Lipinski definition) is 7. The number of rotatable bonds is 10. The molecule has 10 heteroatoms. The van der Waals surface area contributed by atoms with Crippen molar-refractivity contribution in [3.8, 4) is 0 Å². The topological polar surface area (TPSA) is 123 Å². The normalized spacial score (nSPS) is 21.8. The molecule has 0 radical (unpaired) electrons. The minimum absolute atomic E-state index is 0.0443. The van der Waals surface area contributed by atoms with Crippen LogP contribution in [-0.4, -0.2) is 66.2 Å². The molecule has 1 saturated heterocycles. The maximum atomic E-state index is 12.8. The molecule has 0 spiro atoms. The minimum atomic E-state index is -2.92. The fourth-order valence-electron chi connectivity index (χ4n) is 5.39. The van der Waals surface area contributed by atoms with Gasteiger partial charge in [0.2, 0.25) is 0 Å². The van der Waals surface area contributed by atoms with Crippen molar-refractivity contribution < 1.29 is 24.1 Å². The monoisotopic (exact) mass is 554 g/mol. The fraction of sp³-hybridized carbons (Fsp3) is 0.448. The van der Waals surface area contributed by atoms with Crippen LogP contribution in [0.25, 0.3) is 0 Å². The van der Waals surface area contributed by atoms with E-state index in [4.69, 9.17) is 13.9 Å². The highest BCUT2D eigenvalue weighted by Gasteiger charge is 2.52. The van der Waals surface area contributed by atoms with E-state index in [1.165, 1.54) is 10.8 Å². The van der Waals surface area contributed by atoms with Crippen LogP contribution in [-0.2, 0) is 20.3 Å². The zero-order valence-electron chi connectivity index (χ0n) is 22.9. The van der Waals surface area contributed by atoms with Crippen LogP contribution in [0.1, 0.15) is 39.5 Å². The van der Waals surface area contributed by atoms with Gasteiger partial charge in [0.1, 0.15) is 18.3 Å². The average molecular weight is 555 g/mol. The molecule has 4 atom stereocenters. The van der Waals surface area contributed by atoms with Crippen LogP contribution >= 0.6 is 0 Å². The molecule has 9 nitrogen and oxygen atoms in total. The number of hydrogen-bond donors (Lipinski definition) is 3. The first-order valence-corrected chi connectivity index (χ1v) is 15.2.